The van der Waals surface area contributed by atoms with Crippen molar-refractivity contribution in [2.45, 2.75) is 11.7 Å². The van der Waals surface area contributed by atoms with Crippen LogP contribution in [0, 0.1) is 15.9 Å². The molecule has 17 heavy (non-hydrogen) atoms. The SMILES string of the molecule is O=[N+]([O-])c1ccc(OC(F)C(F)(F)Cl)cc1F. The third-order valence-corrected chi connectivity index (χ3v) is 1.78. The summed E-state index contributed by atoms with van der Waals surface area (Å²) in [4.78, 5) is 9.20. The second-order valence-electron chi connectivity index (χ2n) is 2.85. The number of alkyl halides is 4. The fourth-order valence-corrected chi connectivity index (χ4v) is 0.940. The number of ether oxygens (including phenoxy) is 1. The number of hydrogen-bond acceptors (Lipinski definition) is 3. The lowest BCUT2D eigenvalue weighted by atomic mass is 10.3. The predicted octanol–water partition coefficient (Wildman–Crippen LogP) is 3.24. The minimum Gasteiger partial charge on any atom is -0.453 e. The molecule has 0 aliphatic carbocycles. The van der Waals surface area contributed by atoms with Crippen LogP contribution in [0.3, 0.4) is 0 Å². The molecule has 94 valence electrons. The second kappa shape index (κ2) is 4.74. The quantitative estimate of drug-likeness (QED) is 0.366. The van der Waals surface area contributed by atoms with E-state index in [-0.39, 0.29) is 0 Å². The first kappa shape index (κ1) is 13.5. The summed E-state index contributed by atoms with van der Waals surface area (Å²) in [6.45, 7) is 0. The second-order valence-corrected chi connectivity index (χ2v) is 3.35. The van der Waals surface area contributed by atoms with E-state index >= 15 is 0 Å². The molecule has 0 saturated carbocycles. The summed E-state index contributed by atoms with van der Waals surface area (Å²) < 4.78 is 53.9. The molecule has 1 aromatic carbocycles. The van der Waals surface area contributed by atoms with Crippen molar-refractivity contribution in [2.24, 2.45) is 0 Å². The largest absolute Gasteiger partial charge is 0.453 e. The van der Waals surface area contributed by atoms with Crippen LogP contribution in [-0.4, -0.2) is 16.7 Å². The summed E-state index contributed by atoms with van der Waals surface area (Å²) in [6.07, 6.45) is -3.19. The molecule has 1 atom stereocenters. The highest BCUT2D eigenvalue weighted by molar-refractivity contribution is 6.22. The molecule has 0 aliphatic heterocycles. The van der Waals surface area contributed by atoms with Crippen molar-refractivity contribution >= 4 is 17.3 Å². The number of rotatable bonds is 4. The monoisotopic (exact) mass is 273 g/mol. The first-order valence-corrected chi connectivity index (χ1v) is 4.41. The van der Waals surface area contributed by atoms with Crippen LogP contribution in [-0.2, 0) is 0 Å². The molecular weight excluding hydrogens is 270 g/mol. The molecule has 0 aliphatic rings. The molecule has 4 nitrogen and oxygen atoms in total. The molecule has 1 unspecified atom stereocenters. The van der Waals surface area contributed by atoms with E-state index in [2.05, 4.69) is 16.3 Å². The van der Waals surface area contributed by atoms with Gasteiger partial charge in [0.1, 0.15) is 5.75 Å². The summed E-state index contributed by atoms with van der Waals surface area (Å²) in [6, 6.07) is 1.84. The van der Waals surface area contributed by atoms with Crippen molar-refractivity contribution in [1.82, 2.24) is 0 Å². The van der Waals surface area contributed by atoms with Gasteiger partial charge < -0.3 is 4.74 Å². The van der Waals surface area contributed by atoms with Crippen LogP contribution in [0.2, 0.25) is 0 Å². The van der Waals surface area contributed by atoms with E-state index in [0.717, 1.165) is 6.07 Å². The summed E-state index contributed by atoms with van der Waals surface area (Å²) in [7, 11) is 0. The van der Waals surface area contributed by atoms with E-state index in [1.807, 2.05) is 0 Å². The average Bonchev–Trinajstić information content (AvgIpc) is 2.15. The van der Waals surface area contributed by atoms with Gasteiger partial charge in [0.15, 0.2) is 0 Å². The Morgan fingerprint density at radius 1 is 1.47 bits per heavy atom. The number of hydrogen-bond donors (Lipinski definition) is 0. The van der Waals surface area contributed by atoms with Gasteiger partial charge in [-0.3, -0.25) is 10.1 Å². The van der Waals surface area contributed by atoms with Crippen LogP contribution in [0.15, 0.2) is 18.2 Å². The molecular formula is C8H4ClF4NO3. The molecule has 0 heterocycles. The predicted molar refractivity (Wildman–Crippen MR) is 49.4 cm³/mol. The van der Waals surface area contributed by atoms with Gasteiger partial charge in [0.2, 0.25) is 5.82 Å². The van der Waals surface area contributed by atoms with Crippen LogP contribution in [0.25, 0.3) is 0 Å². The van der Waals surface area contributed by atoms with E-state index in [1.165, 1.54) is 0 Å². The molecule has 9 heteroatoms. The zero-order chi connectivity index (χ0) is 13.2. The van der Waals surface area contributed by atoms with E-state index in [9.17, 15) is 27.7 Å². The maximum absolute atomic E-state index is 13.0. The van der Waals surface area contributed by atoms with Crippen LogP contribution in [0.5, 0.6) is 5.75 Å². The minimum atomic E-state index is -4.28. The molecule has 1 aromatic rings. The molecule has 0 radical (unpaired) electrons. The number of nitro benzene ring substituents is 1. The lowest BCUT2D eigenvalue weighted by Crippen LogP contribution is -2.28. The van der Waals surface area contributed by atoms with Crippen molar-refractivity contribution in [3.63, 3.8) is 0 Å². The van der Waals surface area contributed by atoms with Crippen LogP contribution in [0.4, 0.5) is 23.2 Å². The maximum atomic E-state index is 13.0. The maximum Gasteiger partial charge on any atom is 0.387 e. The van der Waals surface area contributed by atoms with Gasteiger partial charge in [-0.1, -0.05) is 0 Å². The molecule has 0 fully saturated rings. The Labute approximate surface area is 96.9 Å². The van der Waals surface area contributed by atoms with E-state index in [1.54, 1.807) is 0 Å². The van der Waals surface area contributed by atoms with Gasteiger partial charge in [0.05, 0.1) is 4.92 Å². The van der Waals surface area contributed by atoms with Gasteiger partial charge >= 0.3 is 17.4 Å². The van der Waals surface area contributed by atoms with Crippen molar-refractivity contribution in [3.8, 4) is 5.75 Å². The van der Waals surface area contributed by atoms with Crippen molar-refractivity contribution < 1.29 is 27.2 Å². The summed E-state index contributed by atoms with van der Waals surface area (Å²) in [5, 5.41) is 5.94. The molecule has 0 saturated heterocycles. The third-order valence-electron chi connectivity index (χ3n) is 1.61. The molecule has 0 aromatic heterocycles. The highest BCUT2D eigenvalue weighted by Gasteiger charge is 2.39. The Morgan fingerprint density at radius 3 is 2.47 bits per heavy atom. The smallest absolute Gasteiger partial charge is 0.387 e. The Hall–Kier alpha value is -1.57. The first-order valence-electron chi connectivity index (χ1n) is 4.03. The number of benzene rings is 1. The number of nitrogens with zero attached hydrogens (tertiary/aromatic N) is 1. The zero-order valence-corrected chi connectivity index (χ0v) is 8.63. The number of nitro groups is 1. The molecule has 0 spiro atoms. The minimum absolute atomic E-state index is 0.410. The molecule has 0 bridgehead atoms. The Balaban J connectivity index is 2.88. The summed E-state index contributed by atoms with van der Waals surface area (Å²) in [5.41, 5.74) is -0.884. The van der Waals surface area contributed by atoms with Crippen LogP contribution >= 0.6 is 11.6 Å². The van der Waals surface area contributed by atoms with Crippen molar-refractivity contribution in [3.05, 3.63) is 34.1 Å². The summed E-state index contributed by atoms with van der Waals surface area (Å²) in [5.74, 6) is -1.97. The van der Waals surface area contributed by atoms with Gasteiger partial charge in [-0.2, -0.15) is 17.6 Å². The fourth-order valence-electron chi connectivity index (χ4n) is 0.895. The molecule has 0 amide bonds. The topological polar surface area (TPSA) is 52.4 Å². The van der Waals surface area contributed by atoms with Gasteiger partial charge in [-0.05, 0) is 17.7 Å². The van der Waals surface area contributed by atoms with Gasteiger partial charge in [-0.15, -0.1) is 0 Å². The molecule has 0 N–H and O–H groups in total. The Bertz CT molecular complexity index is 437. The average molecular weight is 274 g/mol. The van der Waals surface area contributed by atoms with Crippen LogP contribution < -0.4 is 4.74 Å². The van der Waals surface area contributed by atoms with Crippen LogP contribution in [0.1, 0.15) is 0 Å². The Kier molecular flexibility index (Phi) is 3.76. The fraction of sp³-hybridized carbons (Fsp3) is 0.250. The lowest BCUT2D eigenvalue weighted by Gasteiger charge is -2.15. The first-order chi connectivity index (χ1) is 7.71. The molecule has 1 rings (SSSR count). The van der Waals surface area contributed by atoms with E-state index in [0.29, 0.717) is 12.1 Å². The zero-order valence-electron chi connectivity index (χ0n) is 7.87. The Morgan fingerprint density at radius 2 is 2.06 bits per heavy atom. The van der Waals surface area contributed by atoms with Gasteiger partial charge in [0.25, 0.3) is 0 Å². The van der Waals surface area contributed by atoms with Gasteiger partial charge in [-0.25, -0.2) is 0 Å². The van der Waals surface area contributed by atoms with E-state index < -0.39 is 33.9 Å². The lowest BCUT2D eigenvalue weighted by molar-refractivity contribution is -0.387. The number of halogens is 5. The normalized spacial score (nSPS) is 13.2. The van der Waals surface area contributed by atoms with E-state index in [4.69, 9.17) is 0 Å². The highest BCUT2D eigenvalue weighted by Crippen LogP contribution is 2.30. The van der Waals surface area contributed by atoms with Gasteiger partial charge in [0, 0.05) is 12.1 Å². The highest BCUT2D eigenvalue weighted by atomic mass is 35.5. The van der Waals surface area contributed by atoms with Crippen molar-refractivity contribution in [1.29, 1.82) is 0 Å². The standard InChI is InChI=1S/C8H4ClF4NO3/c9-8(12,13)7(11)17-4-1-2-6(14(15)16)5(10)3-4/h1-3,7H. The van der Waals surface area contributed by atoms with Crippen molar-refractivity contribution in [2.75, 3.05) is 0 Å². The third kappa shape index (κ3) is 3.45. The summed E-state index contributed by atoms with van der Waals surface area (Å²) >= 11 is 4.32.